The van der Waals surface area contributed by atoms with Gasteiger partial charge in [0.15, 0.2) is 0 Å². The van der Waals surface area contributed by atoms with Crippen molar-refractivity contribution in [3.05, 3.63) is 59.2 Å². The number of aryl methyl sites for hydroxylation is 2. The quantitative estimate of drug-likeness (QED) is 0.778. The molecule has 2 aromatic rings. The maximum atomic E-state index is 12.4. The van der Waals surface area contributed by atoms with E-state index in [0.29, 0.717) is 5.56 Å². The predicted octanol–water partition coefficient (Wildman–Crippen LogP) is 2.28. The topological polar surface area (TPSA) is 78.5 Å². The molecule has 1 amide bonds. The maximum Gasteiger partial charge on any atom is 0.242 e. The SMILES string of the molecule is Cc1cc(C)cc(NCC(=O)NCc2ccccc2S(=O)(=O)N(C)C)c1. The highest BCUT2D eigenvalue weighted by Gasteiger charge is 2.20. The van der Waals surface area contributed by atoms with Gasteiger partial charge in [-0.15, -0.1) is 0 Å². The van der Waals surface area contributed by atoms with Gasteiger partial charge in [-0.3, -0.25) is 4.79 Å². The van der Waals surface area contributed by atoms with Crippen molar-refractivity contribution in [3.8, 4) is 0 Å². The Morgan fingerprint density at radius 2 is 1.65 bits per heavy atom. The monoisotopic (exact) mass is 375 g/mol. The lowest BCUT2D eigenvalue weighted by Crippen LogP contribution is -2.30. The molecule has 2 N–H and O–H groups in total. The van der Waals surface area contributed by atoms with Crippen molar-refractivity contribution in [2.45, 2.75) is 25.3 Å². The molecule has 0 saturated heterocycles. The van der Waals surface area contributed by atoms with Gasteiger partial charge in [-0.25, -0.2) is 12.7 Å². The molecule has 0 unspecified atom stereocenters. The molecule has 0 atom stereocenters. The molecule has 140 valence electrons. The van der Waals surface area contributed by atoms with Gasteiger partial charge in [-0.05, 0) is 48.7 Å². The molecule has 0 spiro atoms. The molecule has 0 aliphatic heterocycles. The molecule has 0 saturated carbocycles. The van der Waals surface area contributed by atoms with Gasteiger partial charge in [0.25, 0.3) is 0 Å². The molecule has 0 radical (unpaired) electrons. The first kappa shape index (κ1) is 19.9. The summed E-state index contributed by atoms with van der Waals surface area (Å²) in [6.07, 6.45) is 0. The van der Waals surface area contributed by atoms with Crippen LogP contribution >= 0.6 is 0 Å². The number of sulfonamides is 1. The molecule has 2 rings (SSSR count). The molecule has 0 aliphatic carbocycles. The predicted molar refractivity (Wildman–Crippen MR) is 104 cm³/mol. The Morgan fingerprint density at radius 1 is 1.04 bits per heavy atom. The van der Waals surface area contributed by atoms with Gasteiger partial charge in [0.1, 0.15) is 0 Å². The van der Waals surface area contributed by atoms with Crippen molar-refractivity contribution in [1.29, 1.82) is 0 Å². The second-order valence-electron chi connectivity index (χ2n) is 6.40. The number of hydrogen-bond donors (Lipinski definition) is 2. The smallest absolute Gasteiger partial charge is 0.242 e. The van der Waals surface area contributed by atoms with E-state index in [-0.39, 0.29) is 23.9 Å². The summed E-state index contributed by atoms with van der Waals surface area (Å²) in [6.45, 7) is 4.27. The van der Waals surface area contributed by atoms with E-state index in [9.17, 15) is 13.2 Å². The normalized spacial score (nSPS) is 11.4. The highest BCUT2D eigenvalue weighted by atomic mass is 32.2. The van der Waals surface area contributed by atoms with Crippen molar-refractivity contribution in [2.75, 3.05) is 26.0 Å². The summed E-state index contributed by atoms with van der Waals surface area (Å²) in [6, 6.07) is 12.7. The van der Waals surface area contributed by atoms with Gasteiger partial charge in [0.05, 0.1) is 11.4 Å². The molecule has 0 heterocycles. The summed E-state index contributed by atoms with van der Waals surface area (Å²) in [5.74, 6) is -0.207. The first-order valence-corrected chi connectivity index (χ1v) is 9.73. The molecule has 0 fully saturated rings. The standard InChI is InChI=1S/C19H25N3O3S/c1-14-9-15(2)11-17(10-14)20-13-19(23)21-12-16-7-5-6-8-18(16)26(24,25)22(3)4/h5-11,20H,12-13H2,1-4H3,(H,21,23). The van der Waals surface area contributed by atoms with Crippen LogP contribution in [-0.4, -0.2) is 39.3 Å². The number of carbonyl (C=O) groups excluding carboxylic acids is 1. The fourth-order valence-electron chi connectivity index (χ4n) is 2.61. The Labute approximate surface area is 155 Å². The van der Waals surface area contributed by atoms with E-state index in [0.717, 1.165) is 21.1 Å². The van der Waals surface area contributed by atoms with Gasteiger partial charge >= 0.3 is 0 Å². The molecular weight excluding hydrogens is 350 g/mol. The average Bonchev–Trinajstić information content (AvgIpc) is 2.57. The lowest BCUT2D eigenvalue weighted by atomic mass is 10.1. The fraction of sp³-hybridized carbons (Fsp3) is 0.316. The summed E-state index contributed by atoms with van der Waals surface area (Å²) >= 11 is 0. The summed E-state index contributed by atoms with van der Waals surface area (Å²) in [5.41, 5.74) is 3.68. The largest absolute Gasteiger partial charge is 0.376 e. The van der Waals surface area contributed by atoms with E-state index in [2.05, 4.69) is 16.7 Å². The van der Waals surface area contributed by atoms with Crippen LogP contribution in [-0.2, 0) is 21.4 Å². The van der Waals surface area contributed by atoms with Crippen LogP contribution in [0.5, 0.6) is 0 Å². The Hall–Kier alpha value is -2.38. The third-order valence-corrected chi connectivity index (χ3v) is 5.80. The summed E-state index contributed by atoms with van der Waals surface area (Å²) in [4.78, 5) is 12.3. The van der Waals surface area contributed by atoms with Crippen molar-refractivity contribution in [3.63, 3.8) is 0 Å². The van der Waals surface area contributed by atoms with Crippen molar-refractivity contribution in [1.82, 2.24) is 9.62 Å². The van der Waals surface area contributed by atoms with Crippen molar-refractivity contribution < 1.29 is 13.2 Å². The van der Waals surface area contributed by atoms with Crippen LogP contribution in [0.1, 0.15) is 16.7 Å². The van der Waals surface area contributed by atoms with Gasteiger partial charge in [0.2, 0.25) is 15.9 Å². The number of nitrogens with one attached hydrogen (secondary N) is 2. The third-order valence-electron chi connectivity index (χ3n) is 3.88. The summed E-state index contributed by atoms with van der Waals surface area (Å²) < 4.78 is 25.9. The lowest BCUT2D eigenvalue weighted by molar-refractivity contribution is -0.119. The first-order valence-electron chi connectivity index (χ1n) is 8.29. The van der Waals surface area contributed by atoms with Crippen LogP contribution in [0, 0.1) is 13.8 Å². The molecule has 0 bridgehead atoms. The van der Waals surface area contributed by atoms with Crippen LogP contribution in [0.3, 0.4) is 0 Å². The molecule has 6 nitrogen and oxygen atoms in total. The average molecular weight is 375 g/mol. The zero-order valence-electron chi connectivity index (χ0n) is 15.5. The highest BCUT2D eigenvalue weighted by Crippen LogP contribution is 2.18. The van der Waals surface area contributed by atoms with Gasteiger partial charge in [-0.2, -0.15) is 0 Å². The van der Waals surface area contributed by atoms with Crippen LogP contribution in [0.15, 0.2) is 47.4 Å². The Bertz CT molecular complexity index is 872. The van der Waals surface area contributed by atoms with E-state index < -0.39 is 10.0 Å². The fourth-order valence-corrected chi connectivity index (χ4v) is 3.73. The van der Waals surface area contributed by atoms with E-state index in [4.69, 9.17) is 0 Å². The zero-order valence-corrected chi connectivity index (χ0v) is 16.4. The molecule has 0 aliphatic rings. The molecule has 0 aromatic heterocycles. The van der Waals surface area contributed by atoms with E-state index >= 15 is 0 Å². The van der Waals surface area contributed by atoms with E-state index in [1.54, 1.807) is 24.3 Å². The molecule has 7 heteroatoms. The maximum absolute atomic E-state index is 12.4. The van der Waals surface area contributed by atoms with Gasteiger partial charge in [-0.1, -0.05) is 24.3 Å². The Kier molecular flexibility index (Phi) is 6.39. The minimum atomic E-state index is -3.55. The number of anilines is 1. The Morgan fingerprint density at radius 3 is 2.27 bits per heavy atom. The molecular formula is C19H25N3O3S. The number of carbonyl (C=O) groups is 1. The highest BCUT2D eigenvalue weighted by molar-refractivity contribution is 7.89. The van der Waals surface area contributed by atoms with Crippen LogP contribution in [0.4, 0.5) is 5.69 Å². The zero-order chi connectivity index (χ0) is 19.3. The minimum Gasteiger partial charge on any atom is -0.376 e. The van der Waals surface area contributed by atoms with Crippen molar-refractivity contribution >= 4 is 21.6 Å². The van der Waals surface area contributed by atoms with Crippen LogP contribution in [0.2, 0.25) is 0 Å². The number of hydrogen-bond acceptors (Lipinski definition) is 4. The van der Waals surface area contributed by atoms with Gasteiger partial charge in [0, 0.05) is 26.3 Å². The van der Waals surface area contributed by atoms with Gasteiger partial charge < -0.3 is 10.6 Å². The first-order chi connectivity index (χ1) is 12.2. The molecule has 26 heavy (non-hydrogen) atoms. The van der Waals surface area contributed by atoms with Crippen LogP contribution < -0.4 is 10.6 Å². The second-order valence-corrected chi connectivity index (χ2v) is 8.52. The second kappa shape index (κ2) is 8.33. The summed E-state index contributed by atoms with van der Waals surface area (Å²) in [5, 5.41) is 5.85. The van der Waals surface area contributed by atoms with E-state index in [1.807, 2.05) is 26.0 Å². The summed E-state index contributed by atoms with van der Waals surface area (Å²) in [7, 11) is -0.585. The number of amides is 1. The van der Waals surface area contributed by atoms with E-state index in [1.165, 1.54) is 14.1 Å². The third kappa shape index (κ3) is 5.06. The molecule has 2 aromatic carbocycles. The van der Waals surface area contributed by atoms with Crippen molar-refractivity contribution in [2.24, 2.45) is 0 Å². The number of benzene rings is 2. The number of nitrogens with zero attached hydrogens (tertiary/aromatic N) is 1. The lowest BCUT2D eigenvalue weighted by Gasteiger charge is -2.15. The minimum absolute atomic E-state index is 0.117. The Balaban J connectivity index is 2.00. The number of rotatable bonds is 7. The van der Waals surface area contributed by atoms with Crippen LogP contribution in [0.25, 0.3) is 0 Å².